The van der Waals surface area contributed by atoms with Crippen LogP contribution in [-0.4, -0.2) is 23.6 Å². The van der Waals surface area contributed by atoms with Gasteiger partial charge in [-0.05, 0) is 67.6 Å². The van der Waals surface area contributed by atoms with E-state index in [4.69, 9.17) is 16.3 Å². The third-order valence-corrected chi connectivity index (χ3v) is 7.57. The van der Waals surface area contributed by atoms with E-state index in [1.54, 1.807) is 4.57 Å². The third kappa shape index (κ3) is 4.06. The monoisotopic (exact) mass is 456 g/mol. The van der Waals surface area contributed by atoms with Crippen LogP contribution in [0.5, 0.6) is 0 Å². The molecule has 1 fully saturated rings. The fourth-order valence-electron chi connectivity index (χ4n) is 4.32. The van der Waals surface area contributed by atoms with E-state index in [-0.39, 0.29) is 18.4 Å². The number of carbonyl (C=O) groups excluding carboxylic acids is 2. The van der Waals surface area contributed by atoms with Crippen LogP contribution in [0.15, 0.2) is 41.4 Å². The van der Waals surface area contributed by atoms with Gasteiger partial charge in [0.15, 0.2) is 4.80 Å². The smallest absolute Gasteiger partial charge is 0.325 e. The first-order chi connectivity index (χ1) is 14.8. The quantitative estimate of drug-likeness (QED) is 0.514. The van der Waals surface area contributed by atoms with Crippen molar-refractivity contribution in [3.63, 3.8) is 0 Å². The predicted molar refractivity (Wildman–Crippen MR) is 123 cm³/mol. The van der Waals surface area contributed by atoms with Crippen molar-refractivity contribution in [2.75, 3.05) is 7.11 Å². The van der Waals surface area contributed by atoms with E-state index in [9.17, 15) is 9.59 Å². The summed E-state index contributed by atoms with van der Waals surface area (Å²) in [6.07, 6.45) is 3.49. The molecule has 1 aliphatic rings. The van der Waals surface area contributed by atoms with Crippen molar-refractivity contribution < 1.29 is 14.3 Å². The Bertz CT molecular complexity index is 1220. The fraction of sp³-hybridized carbons (Fsp3) is 0.375. The third-order valence-electron chi connectivity index (χ3n) is 6.27. The number of aromatic nitrogens is 1. The largest absolute Gasteiger partial charge is 0.468 e. The first kappa shape index (κ1) is 21.8. The average Bonchev–Trinajstić information content (AvgIpc) is 3.36. The zero-order valence-corrected chi connectivity index (χ0v) is 19.5. The Hall–Kier alpha value is -2.44. The Labute approximate surface area is 190 Å². The van der Waals surface area contributed by atoms with E-state index in [2.05, 4.69) is 18.0 Å². The number of nitrogens with zero attached hydrogens (tertiary/aromatic N) is 2. The molecule has 0 aliphatic heterocycles. The Balaban J connectivity index is 1.87. The molecule has 0 N–H and O–H groups in total. The molecule has 0 atom stereocenters. The van der Waals surface area contributed by atoms with Gasteiger partial charge in [0.2, 0.25) is 0 Å². The molecule has 0 spiro atoms. The number of ether oxygens (including phenoxy) is 1. The van der Waals surface area contributed by atoms with Gasteiger partial charge in [0, 0.05) is 5.02 Å². The molecule has 7 heteroatoms. The SMILES string of the molecule is COC(=O)Cn1c(=NC(=O)C2(c3ccc(Cl)cc3)CCCC2)sc2cc(C)c(C)cc21. The van der Waals surface area contributed by atoms with Crippen molar-refractivity contribution in [1.82, 2.24) is 4.57 Å². The summed E-state index contributed by atoms with van der Waals surface area (Å²) in [7, 11) is 1.36. The number of benzene rings is 2. The number of esters is 1. The first-order valence-corrected chi connectivity index (χ1v) is 11.6. The van der Waals surface area contributed by atoms with Crippen molar-refractivity contribution in [1.29, 1.82) is 0 Å². The Morgan fingerprint density at radius 1 is 1.13 bits per heavy atom. The highest BCUT2D eigenvalue weighted by Gasteiger charge is 2.42. The van der Waals surface area contributed by atoms with Crippen LogP contribution in [0.3, 0.4) is 0 Å². The normalized spacial score (nSPS) is 16.1. The zero-order valence-electron chi connectivity index (χ0n) is 17.9. The molecular weight excluding hydrogens is 432 g/mol. The Morgan fingerprint density at radius 2 is 1.77 bits per heavy atom. The molecule has 1 aliphatic carbocycles. The number of amides is 1. The molecule has 0 saturated heterocycles. The van der Waals surface area contributed by atoms with Gasteiger partial charge in [0.1, 0.15) is 6.54 Å². The molecule has 1 saturated carbocycles. The van der Waals surface area contributed by atoms with Crippen LogP contribution in [0, 0.1) is 13.8 Å². The molecule has 2 aromatic carbocycles. The number of hydrogen-bond acceptors (Lipinski definition) is 4. The van der Waals surface area contributed by atoms with Crippen molar-refractivity contribution >= 4 is 45.0 Å². The van der Waals surface area contributed by atoms with Crippen LogP contribution < -0.4 is 4.80 Å². The van der Waals surface area contributed by atoms with E-state index in [1.165, 1.54) is 18.4 Å². The van der Waals surface area contributed by atoms with Crippen LogP contribution in [0.1, 0.15) is 42.4 Å². The minimum atomic E-state index is -0.643. The van der Waals surface area contributed by atoms with Gasteiger partial charge < -0.3 is 9.30 Å². The summed E-state index contributed by atoms with van der Waals surface area (Å²) < 4.78 is 7.68. The van der Waals surface area contributed by atoms with Crippen LogP contribution in [0.25, 0.3) is 10.2 Å². The molecule has 1 aromatic heterocycles. The summed E-state index contributed by atoms with van der Waals surface area (Å²) in [5.74, 6) is -0.536. The highest BCUT2D eigenvalue weighted by molar-refractivity contribution is 7.16. The number of halogens is 1. The predicted octanol–water partition coefficient (Wildman–Crippen LogP) is 5.09. The second-order valence-electron chi connectivity index (χ2n) is 8.16. The molecule has 0 unspecified atom stereocenters. The molecule has 4 rings (SSSR count). The van der Waals surface area contributed by atoms with Crippen molar-refractivity contribution in [2.45, 2.75) is 51.5 Å². The van der Waals surface area contributed by atoms with E-state index >= 15 is 0 Å². The number of thiazole rings is 1. The maximum Gasteiger partial charge on any atom is 0.325 e. The number of methoxy groups -OCH3 is 1. The number of aryl methyl sites for hydroxylation is 2. The number of hydrogen-bond donors (Lipinski definition) is 0. The molecule has 3 aromatic rings. The van der Waals surface area contributed by atoms with Crippen LogP contribution >= 0.6 is 22.9 Å². The lowest BCUT2D eigenvalue weighted by Crippen LogP contribution is -2.34. The average molecular weight is 457 g/mol. The lowest BCUT2D eigenvalue weighted by molar-refractivity contribution is -0.141. The van der Waals surface area contributed by atoms with Crippen LogP contribution in [0.2, 0.25) is 5.02 Å². The van der Waals surface area contributed by atoms with Gasteiger partial charge in [0.25, 0.3) is 5.91 Å². The molecule has 5 nitrogen and oxygen atoms in total. The second kappa shape index (κ2) is 8.60. The number of fused-ring (bicyclic) bond motifs is 1. The van der Waals surface area contributed by atoms with Gasteiger partial charge in [-0.1, -0.05) is 47.9 Å². The van der Waals surface area contributed by atoms with Crippen molar-refractivity contribution in [2.24, 2.45) is 4.99 Å². The Morgan fingerprint density at radius 3 is 2.42 bits per heavy atom. The summed E-state index contributed by atoms with van der Waals surface area (Å²) in [5.41, 5.74) is 3.48. The van der Waals surface area contributed by atoms with Crippen LogP contribution in [0.4, 0.5) is 0 Å². The van der Waals surface area contributed by atoms with Gasteiger partial charge in [-0.3, -0.25) is 9.59 Å². The van der Waals surface area contributed by atoms with Crippen molar-refractivity contribution in [3.8, 4) is 0 Å². The highest BCUT2D eigenvalue weighted by Crippen LogP contribution is 2.42. The first-order valence-electron chi connectivity index (χ1n) is 10.4. The summed E-state index contributed by atoms with van der Waals surface area (Å²) in [6.45, 7) is 4.10. The van der Waals surface area contributed by atoms with E-state index in [0.29, 0.717) is 9.82 Å². The summed E-state index contributed by atoms with van der Waals surface area (Å²) >= 11 is 7.50. The molecule has 1 amide bonds. The molecular formula is C24H25ClN2O3S. The van der Waals surface area contributed by atoms with Crippen molar-refractivity contribution in [3.05, 3.63) is 62.9 Å². The molecule has 31 heavy (non-hydrogen) atoms. The van der Waals surface area contributed by atoms with Gasteiger partial charge in [-0.15, -0.1) is 0 Å². The minimum absolute atomic E-state index is 0.0130. The summed E-state index contributed by atoms with van der Waals surface area (Å²) in [6, 6.07) is 11.6. The van der Waals surface area contributed by atoms with Gasteiger partial charge in [-0.2, -0.15) is 4.99 Å². The van der Waals surface area contributed by atoms with Crippen LogP contribution in [-0.2, 0) is 26.3 Å². The molecule has 162 valence electrons. The Kier molecular flexibility index (Phi) is 6.04. The lowest BCUT2D eigenvalue weighted by atomic mass is 9.78. The maximum atomic E-state index is 13.6. The van der Waals surface area contributed by atoms with Gasteiger partial charge in [0.05, 0.1) is 22.7 Å². The maximum absolute atomic E-state index is 13.6. The number of rotatable bonds is 4. The number of carbonyl (C=O) groups is 2. The molecule has 1 heterocycles. The fourth-order valence-corrected chi connectivity index (χ4v) is 5.55. The van der Waals surface area contributed by atoms with E-state index in [0.717, 1.165) is 52.6 Å². The van der Waals surface area contributed by atoms with Gasteiger partial charge >= 0.3 is 5.97 Å². The standard InChI is InChI=1S/C24H25ClN2O3S/c1-15-12-19-20(13-16(15)2)31-23(27(19)14-21(28)30-3)26-22(29)24(10-4-5-11-24)17-6-8-18(25)9-7-17/h6-9,12-13H,4-5,10-11,14H2,1-3H3. The lowest BCUT2D eigenvalue weighted by Gasteiger charge is -2.25. The van der Waals surface area contributed by atoms with Gasteiger partial charge in [-0.25, -0.2) is 0 Å². The highest BCUT2D eigenvalue weighted by atomic mass is 35.5. The molecule has 0 bridgehead atoms. The molecule has 0 radical (unpaired) electrons. The van der Waals surface area contributed by atoms with E-state index < -0.39 is 5.41 Å². The summed E-state index contributed by atoms with van der Waals surface area (Å²) in [4.78, 5) is 30.8. The summed E-state index contributed by atoms with van der Waals surface area (Å²) in [5, 5.41) is 0.646. The topological polar surface area (TPSA) is 60.7 Å². The second-order valence-corrected chi connectivity index (χ2v) is 9.61. The minimum Gasteiger partial charge on any atom is -0.468 e. The zero-order chi connectivity index (χ0) is 22.2. The van der Waals surface area contributed by atoms with E-state index in [1.807, 2.05) is 37.3 Å².